The highest BCUT2D eigenvalue weighted by Gasteiger charge is 2.20. The van der Waals surface area contributed by atoms with Crippen molar-refractivity contribution in [3.63, 3.8) is 0 Å². The number of amides is 2. The highest BCUT2D eigenvalue weighted by Crippen LogP contribution is 2.29. The molecule has 0 bridgehead atoms. The first-order chi connectivity index (χ1) is 18.5. The molecule has 192 valence electrons. The Morgan fingerprint density at radius 3 is 2.68 bits per heavy atom. The minimum Gasteiger partial charge on any atom is -0.495 e. The van der Waals surface area contributed by atoms with E-state index in [1.165, 1.54) is 41.3 Å². The first kappa shape index (κ1) is 25.4. The molecule has 0 spiro atoms. The van der Waals surface area contributed by atoms with Crippen LogP contribution in [0.2, 0.25) is 0 Å². The van der Waals surface area contributed by atoms with Crippen molar-refractivity contribution in [2.75, 3.05) is 18.2 Å². The van der Waals surface area contributed by atoms with Crippen molar-refractivity contribution in [3.8, 4) is 11.4 Å². The first-order valence-electron chi connectivity index (χ1n) is 11.4. The van der Waals surface area contributed by atoms with E-state index in [4.69, 9.17) is 4.74 Å². The average Bonchev–Trinajstić information content (AvgIpc) is 3.53. The Morgan fingerprint density at radius 1 is 1.05 bits per heavy atom. The van der Waals surface area contributed by atoms with Crippen LogP contribution in [0.3, 0.4) is 0 Å². The lowest BCUT2D eigenvalue weighted by Crippen LogP contribution is -2.25. The highest BCUT2D eigenvalue weighted by atomic mass is 32.2. The number of carbonyl (C=O) groups excluding carboxylic acids is 2. The standard InChI is InChI=1S/C26H21FN6O3S2/c1-36-20-11-4-3-10-19(20)33-22(14-28-24(35)16-7-6-8-17(27)13-16)31-32-26(33)37-15-23(34)30-25-29-18-9-2-5-12-21(18)38-25/h2-13H,14-15H2,1H3,(H,28,35)(H,29,30,34). The van der Waals surface area contributed by atoms with Gasteiger partial charge in [0, 0.05) is 5.56 Å². The number of nitrogens with zero attached hydrogens (tertiary/aromatic N) is 4. The molecular weight excluding hydrogens is 527 g/mol. The van der Waals surface area contributed by atoms with Gasteiger partial charge in [-0.05, 0) is 42.5 Å². The SMILES string of the molecule is COc1ccccc1-n1c(CNC(=O)c2cccc(F)c2)nnc1SCC(=O)Nc1nc2ccccc2s1. The molecule has 0 saturated heterocycles. The van der Waals surface area contributed by atoms with Crippen LogP contribution in [0.1, 0.15) is 16.2 Å². The molecule has 0 aliphatic rings. The van der Waals surface area contributed by atoms with Gasteiger partial charge in [-0.25, -0.2) is 9.37 Å². The fourth-order valence-electron chi connectivity index (χ4n) is 3.67. The summed E-state index contributed by atoms with van der Waals surface area (Å²) in [5.74, 6) is -0.177. The second kappa shape index (κ2) is 11.4. The summed E-state index contributed by atoms with van der Waals surface area (Å²) in [5.41, 5.74) is 1.65. The molecule has 9 nitrogen and oxygen atoms in total. The molecule has 12 heteroatoms. The Kier molecular flexibility index (Phi) is 7.61. The first-order valence-corrected chi connectivity index (χ1v) is 13.2. The largest absolute Gasteiger partial charge is 0.495 e. The summed E-state index contributed by atoms with van der Waals surface area (Å²) >= 11 is 2.58. The maximum absolute atomic E-state index is 13.5. The van der Waals surface area contributed by atoms with Gasteiger partial charge in [0.15, 0.2) is 16.1 Å². The van der Waals surface area contributed by atoms with Crippen LogP contribution in [0.4, 0.5) is 9.52 Å². The van der Waals surface area contributed by atoms with E-state index in [0.717, 1.165) is 16.3 Å². The Labute approximate surface area is 225 Å². The van der Waals surface area contributed by atoms with Gasteiger partial charge in [0.1, 0.15) is 11.6 Å². The normalized spacial score (nSPS) is 10.9. The molecule has 5 aromatic rings. The van der Waals surface area contributed by atoms with Crippen LogP contribution >= 0.6 is 23.1 Å². The van der Waals surface area contributed by atoms with E-state index in [-0.39, 0.29) is 23.8 Å². The Morgan fingerprint density at radius 2 is 1.87 bits per heavy atom. The molecular formula is C26H21FN6O3S2. The number of benzene rings is 3. The van der Waals surface area contributed by atoms with Gasteiger partial charge in [0.2, 0.25) is 5.91 Å². The zero-order valence-electron chi connectivity index (χ0n) is 20.1. The molecule has 38 heavy (non-hydrogen) atoms. The van der Waals surface area contributed by atoms with Crippen LogP contribution in [0.15, 0.2) is 78.0 Å². The third-order valence-corrected chi connectivity index (χ3v) is 7.27. The van der Waals surface area contributed by atoms with Gasteiger partial charge in [-0.3, -0.25) is 14.2 Å². The minimum absolute atomic E-state index is 0.0128. The number of thioether (sulfide) groups is 1. The number of methoxy groups -OCH3 is 1. The fourth-order valence-corrected chi connectivity index (χ4v) is 5.31. The molecule has 0 aliphatic carbocycles. The van der Waals surface area contributed by atoms with Gasteiger partial charge in [-0.1, -0.05) is 53.4 Å². The molecule has 0 saturated carbocycles. The van der Waals surface area contributed by atoms with Gasteiger partial charge in [-0.15, -0.1) is 10.2 Å². The number of carbonyl (C=O) groups is 2. The van der Waals surface area contributed by atoms with Crippen LogP contribution in [-0.2, 0) is 11.3 Å². The van der Waals surface area contributed by atoms with E-state index >= 15 is 0 Å². The molecule has 5 rings (SSSR count). The molecule has 0 unspecified atom stereocenters. The maximum Gasteiger partial charge on any atom is 0.251 e. The lowest BCUT2D eigenvalue weighted by molar-refractivity contribution is -0.113. The summed E-state index contributed by atoms with van der Waals surface area (Å²) < 4.78 is 21.8. The number of hydrogen-bond donors (Lipinski definition) is 2. The Bertz CT molecular complexity index is 1590. The maximum atomic E-state index is 13.5. The number of halogens is 1. The Balaban J connectivity index is 1.34. The molecule has 0 radical (unpaired) electrons. The predicted molar refractivity (Wildman–Crippen MR) is 144 cm³/mol. The van der Waals surface area contributed by atoms with Crippen molar-refractivity contribution in [1.29, 1.82) is 0 Å². The van der Waals surface area contributed by atoms with Crippen molar-refractivity contribution in [2.24, 2.45) is 0 Å². The van der Waals surface area contributed by atoms with Gasteiger partial charge < -0.3 is 15.4 Å². The summed E-state index contributed by atoms with van der Waals surface area (Å²) in [5, 5.41) is 15.0. The van der Waals surface area contributed by atoms with Crippen LogP contribution in [0, 0.1) is 5.82 Å². The second-order valence-corrected chi connectivity index (χ2v) is 9.90. The van der Waals surface area contributed by atoms with Gasteiger partial charge >= 0.3 is 0 Å². The average molecular weight is 549 g/mol. The van der Waals surface area contributed by atoms with Gasteiger partial charge in [0.05, 0.1) is 35.3 Å². The molecule has 0 aliphatic heterocycles. The number of ether oxygens (including phenoxy) is 1. The van der Waals surface area contributed by atoms with E-state index < -0.39 is 11.7 Å². The summed E-state index contributed by atoms with van der Waals surface area (Å²) in [7, 11) is 1.55. The van der Waals surface area contributed by atoms with Crippen molar-refractivity contribution >= 4 is 50.3 Å². The number of aromatic nitrogens is 4. The second-order valence-electron chi connectivity index (χ2n) is 7.92. The van der Waals surface area contributed by atoms with Crippen molar-refractivity contribution in [3.05, 3.63) is 90.0 Å². The van der Waals surface area contributed by atoms with Crippen molar-refractivity contribution in [2.45, 2.75) is 11.7 Å². The summed E-state index contributed by atoms with van der Waals surface area (Å²) in [6.45, 7) is 0.0128. The highest BCUT2D eigenvalue weighted by molar-refractivity contribution is 7.99. The molecule has 2 N–H and O–H groups in total. The summed E-state index contributed by atoms with van der Waals surface area (Å²) in [4.78, 5) is 29.7. The zero-order valence-corrected chi connectivity index (χ0v) is 21.7. The molecule has 2 heterocycles. The molecule has 2 aromatic heterocycles. The lowest BCUT2D eigenvalue weighted by Gasteiger charge is -2.14. The monoisotopic (exact) mass is 548 g/mol. The number of anilines is 1. The van der Waals surface area contributed by atoms with Crippen LogP contribution in [-0.4, -0.2) is 44.4 Å². The van der Waals surface area contributed by atoms with E-state index in [1.54, 1.807) is 17.7 Å². The van der Waals surface area contributed by atoms with Crippen LogP contribution in [0.25, 0.3) is 15.9 Å². The van der Waals surface area contributed by atoms with Crippen LogP contribution in [0.5, 0.6) is 5.75 Å². The molecule has 0 atom stereocenters. The number of para-hydroxylation sites is 3. The smallest absolute Gasteiger partial charge is 0.251 e. The minimum atomic E-state index is -0.502. The fraction of sp³-hybridized carbons (Fsp3) is 0.115. The summed E-state index contributed by atoms with van der Waals surface area (Å²) in [6.07, 6.45) is 0. The molecule has 2 amide bonds. The van der Waals surface area contributed by atoms with Crippen molar-refractivity contribution in [1.82, 2.24) is 25.1 Å². The predicted octanol–water partition coefficient (Wildman–Crippen LogP) is 4.69. The quantitative estimate of drug-likeness (QED) is 0.257. The number of rotatable bonds is 9. The van der Waals surface area contributed by atoms with Gasteiger partial charge in [0.25, 0.3) is 5.91 Å². The molecule has 3 aromatic carbocycles. The third kappa shape index (κ3) is 5.66. The van der Waals surface area contributed by atoms with Crippen molar-refractivity contribution < 1.29 is 18.7 Å². The topological polar surface area (TPSA) is 111 Å². The lowest BCUT2D eigenvalue weighted by atomic mass is 10.2. The van der Waals surface area contributed by atoms with E-state index in [0.29, 0.717) is 27.5 Å². The number of thiazole rings is 1. The number of nitrogens with one attached hydrogen (secondary N) is 2. The van der Waals surface area contributed by atoms with Gasteiger partial charge in [-0.2, -0.15) is 0 Å². The van der Waals surface area contributed by atoms with E-state index in [2.05, 4.69) is 25.8 Å². The molecule has 0 fully saturated rings. The van der Waals surface area contributed by atoms with Crippen LogP contribution < -0.4 is 15.4 Å². The van der Waals surface area contributed by atoms with E-state index in [9.17, 15) is 14.0 Å². The zero-order chi connectivity index (χ0) is 26.5. The third-order valence-electron chi connectivity index (χ3n) is 5.39. The van der Waals surface area contributed by atoms with E-state index in [1.807, 2.05) is 42.5 Å². The summed E-state index contributed by atoms with van der Waals surface area (Å²) in [6, 6.07) is 20.3. The Hall–Kier alpha value is -4.29. The number of hydrogen-bond acceptors (Lipinski definition) is 8. The number of fused-ring (bicyclic) bond motifs is 1.